The van der Waals surface area contributed by atoms with Gasteiger partial charge in [0.05, 0.1) is 12.6 Å². The summed E-state index contributed by atoms with van der Waals surface area (Å²) in [4.78, 5) is 14.1. The molecule has 1 aromatic heterocycles. The van der Waals surface area contributed by atoms with E-state index in [2.05, 4.69) is 16.3 Å². The van der Waals surface area contributed by atoms with Crippen molar-refractivity contribution in [1.82, 2.24) is 4.98 Å². The number of carbonyl (C=O) groups is 1. The van der Waals surface area contributed by atoms with Crippen LogP contribution in [0.1, 0.15) is 23.0 Å². The van der Waals surface area contributed by atoms with Gasteiger partial charge in [0.1, 0.15) is 11.5 Å². The van der Waals surface area contributed by atoms with E-state index >= 15 is 0 Å². The molecule has 0 saturated carbocycles. The quantitative estimate of drug-likeness (QED) is 0.810. The van der Waals surface area contributed by atoms with Gasteiger partial charge in [-0.2, -0.15) is 0 Å². The molecule has 88 valence electrons. The predicted molar refractivity (Wildman–Crippen MR) is 64.3 cm³/mol. The van der Waals surface area contributed by atoms with Gasteiger partial charge in [0, 0.05) is 5.39 Å². The van der Waals surface area contributed by atoms with Crippen molar-refractivity contribution in [2.75, 3.05) is 7.11 Å². The van der Waals surface area contributed by atoms with Crippen molar-refractivity contribution in [3.05, 3.63) is 41.9 Å². The summed E-state index contributed by atoms with van der Waals surface area (Å²) in [6, 6.07) is 4.58. The third-order valence-electron chi connectivity index (χ3n) is 2.61. The standard InChI is InChI=1S/C13H12FNO2/c1-7(2)8-4-5-10(14)12-9(8)6-11(15-12)13(16)17-3/h4-6,15H,1H2,2-3H3. The minimum Gasteiger partial charge on any atom is -0.464 e. The maximum atomic E-state index is 13.6. The first kappa shape index (κ1) is 11.4. The van der Waals surface area contributed by atoms with Crippen LogP contribution in [0.3, 0.4) is 0 Å². The molecule has 0 atom stereocenters. The van der Waals surface area contributed by atoms with E-state index in [1.54, 1.807) is 12.1 Å². The number of allylic oxidation sites excluding steroid dienone is 1. The van der Waals surface area contributed by atoms with Crippen LogP contribution in [-0.4, -0.2) is 18.1 Å². The zero-order valence-electron chi connectivity index (χ0n) is 9.63. The molecule has 2 aromatic rings. The summed E-state index contributed by atoms with van der Waals surface area (Å²) in [7, 11) is 1.28. The number of H-pyrrole nitrogens is 1. The molecule has 0 aliphatic rings. The van der Waals surface area contributed by atoms with Crippen molar-refractivity contribution in [2.24, 2.45) is 0 Å². The Labute approximate surface area is 97.9 Å². The van der Waals surface area contributed by atoms with Crippen LogP contribution in [0.2, 0.25) is 0 Å². The first-order valence-electron chi connectivity index (χ1n) is 5.10. The monoisotopic (exact) mass is 233 g/mol. The third kappa shape index (κ3) is 1.82. The summed E-state index contributed by atoms with van der Waals surface area (Å²) in [5.74, 6) is -0.923. The number of ether oxygens (including phenoxy) is 1. The van der Waals surface area contributed by atoms with E-state index in [4.69, 9.17) is 0 Å². The zero-order chi connectivity index (χ0) is 12.6. The second-order valence-corrected chi connectivity index (χ2v) is 3.84. The largest absolute Gasteiger partial charge is 0.464 e. The van der Waals surface area contributed by atoms with Crippen LogP contribution in [0.4, 0.5) is 4.39 Å². The van der Waals surface area contributed by atoms with Crippen LogP contribution in [0.5, 0.6) is 0 Å². The van der Waals surface area contributed by atoms with E-state index in [0.717, 1.165) is 11.1 Å². The van der Waals surface area contributed by atoms with Gasteiger partial charge in [0.25, 0.3) is 0 Å². The lowest BCUT2D eigenvalue weighted by Gasteiger charge is -2.01. The maximum absolute atomic E-state index is 13.6. The Hall–Kier alpha value is -2.10. The number of methoxy groups -OCH3 is 1. The Kier molecular flexibility index (Phi) is 2.71. The summed E-state index contributed by atoms with van der Waals surface area (Å²) >= 11 is 0. The fourth-order valence-electron chi connectivity index (χ4n) is 1.78. The number of aromatic nitrogens is 1. The Morgan fingerprint density at radius 3 is 2.76 bits per heavy atom. The fourth-order valence-corrected chi connectivity index (χ4v) is 1.78. The van der Waals surface area contributed by atoms with Crippen LogP contribution < -0.4 is 0 Å². The summed E-state index contributed by atoms with van der Waals surface area (Å²) < 4.78 is 18.2. The SMILES string of the molecule is C=C(C)c1ccc(F)c2[nH]c(C(=O)OC)cc12. The topological polar surface area (TPSA) is 42.1 Å². The lowest BCUT2D eigenvalue weighted by Crippen LogP contribution is -2.00. The first-order chi connectivity index (χ1) is 8.04. The summed E-state index contributed by atoms with van der Waals surface area (Å²) in [6.07, 6.45) is 0. The number of carbonyl (C=O) groups excluding carboxylic acids is 1. The zero-order valence-corrected chi connectivity index (χ0v) is 9.63. The van der Waals surface area contributed by atoms with Crippen LogP contribution in [0, 0.1) is 5.82 Å². The molecule has 1 N–H and O–H groups in total. The van der Waals surface area contributed by atoms with Gasteiger partial charge >= 0.3 is 5.97 Å². The number of fused-ring (bicyclic) bond motifs is 1. The molecule has 0 unspecified atom stereocenters. The minimum atomic E-state index is -0.520. The molecule has 0 radical (unpaired) electrons. The maximum Gasteiger partial charge on any atom is 0.354 e. The number of aromatic amines is 1. The van der Waals surface area contributed by atoms with Gasteiger partial charge in [0.15, 0.2) is 0 Å². The molecule has 0 aliphatic heterocycles. The van der Waals surface area contributed by atoms with Gasteiger partial charge in [0.2, 0.25) is 0 Å². The molecular formula is C13H12FNO2. The molecular weight excluding hydrogens is 221 g/mol. The highest BCUT2D eigenvalue weighted by molar-refractivity contribution is 5.99. The number of benzene rings is 1. The van der Waals surface area contributed by atoms with Crippen LogP contribution in [0.15, 0.2) is 24.8 Å². The first-order valence-corrected chi connectivity index (χ1v) is 5.10. The lowest BCUT2D eigenvalue weighted by atomic mass is 10.0. The molecule has 1 aromatic carbocycles. The molecule has 4 heteroatoms. The average Bonchev–Trinajstić information content (AvgIpc) is 2.73. The normalized spacial score (nSPS) is 10.5. The van der Waals surface area contributed by atoms with E-state index < -0.39 is 11.8 Å². The number of halogens is 1. The molecule has 0 fully saturated rings. The third-order valence-corrected chi connectivity index (χ3v) is 2.61. The van der Waals surface area contributed by atoms with Crippen molar-refractivity contribution < 1.29 is 13.9 Å². The van der Waals surface area contributed by atoms with Gasteiger partial charge in [-0.15, -0.1) is 0 Å². The smallest absolute Gasteiger partial charge is 0.354 e. The molecule has 0 bridgehead atoms. The molecule has 17 heavy (non-hydrogen) atoms. The highest BCUT2D eigenvalue weighted by Crippen LogP contribution is 2.27. The van der Waals surface area contributed by atoms with E-state index in [1.165, 1.54) is 13.2 Å². The molecule has 0 spiro atoms. The number of hydrogen-bond donors (Lipinski definition) is 1. The van der Waals surface area contributed by atoms with E-state index in [9.17, 15) is 9.18 Å². The van der Waals surface area contributed by atoms with Crippen molar-refractivity contribution in [1.29, 1.82) is 0 Å². The Balaban J connectivity index is 2.74. The summed E-state index contributed by atoms with van der Waals surface area (Å²) in [5, 5.41) is 0.637. The van der Waals surface area contributed by atoms with Gasteiger partial charge in [-0.1, -0.05) is 18.2 Å². The second-order valence-electron chi connectivity index (χ2n) is 3.84. The highest BCUT2D eigenvalue weighted by atomic mass is 19.1. The number of rotatable bonds is 2. The van der Waals surface area contributed by atoms with Crippen molar-refractivity contribution in [2.45, 2.75) is 6.92 Å². The molecule has 0 saturated heterocycles. The fraction of sp³-hybridized carbons (Fsp3) is 0.154. The van der Waals surface area contributed by atoms with Gasteiger partial charge < -0.3 is 9.72 Å². The van der Waals surface area contributed by atoms with Crippen molar-refractivity contribution in [3.8, 4) is 0 Å². The van der Waals surface area contributed by atoms with Crippen molar-refractivity contribution >= 4 is 22.4 Å². The average molecular weight is 233 g/mol. The summed E-state index contributed by atoms with van der Waals surface area (Å²) in [6.45, 7) is 5.66. The minimum absolute atomic E-state index is 0.232. The van der Waals surface area contributed by atoms with Crippen LogP contribution in [-0.2, 0) is 4.74 Å². The van der Waals surface area contributed by atoms with Crippen LogP contribution in [0.25, 0.3) is 16.5 Å². The Morgan fingerprint density at radius 2 is 2.18 bits per heavy atom. The van der Waals surface area contributed by atoms with Gasteiger partial charge in [-0.25, -0.2) is 9.18 Å². The Morgan fingerprint density at radius 1 is 1.47 bits per heavy atom. The number of esters is 1. The van der Waals surface area contributed by atoms with Gasteiger partial charge in [-0.3, -0.25) is 0 Å². The molecule has 0 amide bonds. The van der Waals surface area contributed by atoms with Gasteiger partial charge in [-0.05, 0) is 24.6 Å². The molecule has 1 heterocycles. The lowest BCUT2D eigenvalue weighted by molar-refractivity contribution is 0.0595. The number of nitrogens with one attached hydrogen (secondary N) is 1. The number of hydrogen-bond acceptors (Lipinski definition) is 2. The predicted octanol–water partition coefficient (Wildman–Crippen LogP) is 3.13. The summed E-state index contributed by atoms with van der Waals surface area (Å²) in [5.41, 5.74) is 2.15. The molecule has 0 aliphatic carbocycles. The Bertz CT molecular complexity index is 613. The van der Waals surface area contributed by atoms with E-state index in [1.807, 2.05) is 6.92 Å². The van der Waals surface area contributed by atoms with E-state index in [0.29, 0.717) is 10.9 Å². The highest BCUT2D eigenvalue weighted by Gasteiger charge is 2.14. The molecule has 2 rings (SSSR count). The second kappa shape index (κ2) is 4.05. The molecule has 3 nitrogen and oxygen atoms in total. The van der Waals surface area contributed by atoms with Crippen LogP contribution >= 0.6 is 0 Å². The van der Waals surface area contributed by atoms with Crippen molar-refractivity contribution in [3.63, 3.8) is 0 Å². The van der Waals surface area contributed by atoms with E-state index in [-0.39, 0.29) is 5.69 Å².